The summed E-state index contributed by atoms with van der Waals surface area (Å²) in [5.74, 6) is -0.860. The van der Waals surface area contributed by atoms with Crippen LogP contribution in [0.5, 0.6) is 0 Å². The van der Waals surface area contributed by atoms with E-state index in [0.29, 0.717) is 19.3 Å². The summed E-state index contributed by atoms with van der Waals surface area (Å²) >= 11 is 0. The highest BCUT2D eigenvalue weighted by molar-refractivity contribution is 5.71. The lowest BCUT2D eigenvalue weighted by Gasteiger charge is -2.18. The Morgan fingerprint density at radius 2 is 0.507 bits per heavy atom. The molecule has 0 heterocycles. The standard InChI is InChI=1S/C63H118O6/c1-4-7-10-13-16-19-22-25-28-30-32-35-38-41-44-47-50-53-56-62(65)68-59-60(58-67-61(64)55-52-49-46-43-40-37-34-27-24-21-18-15-12-9-6-3)69-63(66)57-54-51-48-45-42-39-36-33-31-29-26-23-20-17-14-11-8-5-2/h28,30,32,35,60H,4-27,29,31,33-34,36-59H2,1-3H3/b30-28-,35-32-. The molecule has 69 heavy (non-hydrogen) atoms. The molecule has 0 aliphatic carbocycles. The second kappa shape index (κ2) is 58.5. The topological polar surface area (TPSA) is 78.9 Å². The van der Waals surface area contributed by atoms with Crippen LogP contribution in [0, 0.1) is 0 Å². The summed E-state index contributed by atoms with van der Waals surface area (Å²) in [6.07, 6.45) is 68.9. The molecule has 0 aromatic rings. The van der Waals surface area contributed by atoms with Gasteiger partial charge in [0, 0.05) is 19.3 Å². The first-order valence-electron chi connectivity index (χ1n) is 30.9. The summed E-state index contributed by atoms with van der Waals surface area (Å²) < 4.78 is 16.9. The summed E-state index contributed by atoms with van der Waals surface area (Å²) in [5, 5.41) is 0. The zero-order chi connectivity index (χ0) is 50.0. The zero-order valence-corrected chi connectivity index (χ0v) is 46.6. The number of allylic oxidation sites excluding steroid dienone is 4. The Hall–Kier alpha value is -2.11. The molecule has 0 aromatic carbocycles. The first-order valence-corrected chi connectivity index (χ1v) is 30.9. The van der Waals surface area contributed by atoms with E-state index < -0.39 is 6.10 Å². The van der Waals surface area contributed by atoms with Crippen molar-refractivity contribution in [1.29, 1.82) is 0 Å². The molecule has 0 aliphatic heterocycles. The molecule has 0 rings (SSSR count). The van der Waals surface area contributed by atoms with Crippen LogP contribution in [0.4, 0.5) is 0 Å². The van der Waals surface area contributed by atoms with Crippen molar-refractivity contribution in [2.75, 3.05) is 13.2 Å². The Labute approximate surface area is 430 Å². The van der Waals surface area contributed by atoms with Crippen LogP contribution >= 0.6 is 0 Å². The van der Waals surface area contributed by atoms with E-state index in [1.54, 1.807) is 0 Å². The number of esters is 3. The molecule has 0 bridgehead atoms. The normalized spacial score (nSPS) is 12.1. The van der Waals surface area contributed by atoms with Crippen molar-refractivity contribution < 1.29 is 28.6 Å². The van der Waals surface area contributed by atoms with Gasteiger partial charge in [-0.3, -0.25) is 14.4 Å². The third-order valence-corrected chi connectivity index (χ3v) is 14.0. The average molecular weight is 972 g/mol. The van der Waals surface area contributed by atoms with Gasteiger partial charge in [0.05, 0.1) is 0 Å². The van der Waals surface area contributed by atoms with Crippen LogP contribution in [-0.2, 0) is 28.6 Å². The molecule has 0 radical (unpaired) electrons. The molecule has 1 unspecified atom stereocenters. The second-order valence-electron chi connectivity index (χ2n) is 21.0. The SMILES string of the molecule is CCCCCCCCC/C=C\C=C/CCCCCCCC(=O)OCC(COC(=O)CCCCCCCCCCCCCCCCC)OC(=O)CCCCCCCCCCCCCCCCCCCC. The van der Waals surface area contributed by atoms with E-state index in [-0.39, 0.29) is 31.1 Å². The van der Waals surface area contributed by atoms with E-state index >= 15 is 0 Å². The van der Waals surface area contributed by atoms with Crippen molar-refractivity contribution in [2.45, 2.75) is 348 Å². The Morgan fingerprint density at radius 3 is 0.768 bits per heavy atom. The monoisotopic (exact) mass is 971 g/mol. The predicted molar refractivity (Wildman–Crippen MR) is 298 cm³/mol. The van der Waals surface area contributed by atoms with Gasteiger partial charge in [-0.15, -0.1) is 0 Å². The van der Waals surface area contributed by atoms with Gasteiger partial charge < -0.3 is 14.2 Å². The van der Waals surface area contributed by atoms with Crippen molar-refractivity contribution in [3.05, 3.63) is 24.3 Å². The van der Waals surface area contributed by atoms with Gasteiger partial charge in [-0.2, -0.15) is 0 Å². The molecule has 0 fully saturated rings. The third-order valence-electron chi connectivity index (χ3n) is 14.0. The van der Waals surface area contributed by atoms with Crippen LogP contribution in [0.1, 0.15) is 342 Å². The molecular formula is C63H118O6. The number of rotatable bonds is 57. The summed E-state index contributed by atoms with van der Waals surface area (Å²) in [7, 11) is 0. The predicted octanol–water partition coefficient (Wildman–Crippen LogP) is 20.7. The van der Waals surface area contributed by atoms with Gasteiger partial charge in [0.15, 0.2) is 6.10 Å². The molecule has 6 heteroatoms. The van der Waals surface area contributed by atoms with Gasteiger partial charge in [-0.25, -0.2) is 0 Å². The highest BCUT2D eigenvalue weighted by Gasteiger charge is 2.19. The maximum Gasteiger partial charge on any atom is 0.306 e. The third kappa shape index (κ3) is 56.7. The van der Waals surface area contributed by atoms with Crippen LogP contribution in [-0.4, -0.2) is 37.2 Å². The maximum absolute atomic E-state index is 12.9. The van der Waals surface area contributed by atoms with Crippen molar-refractivity contribution in [3.8, 4) is 0 Å². The number of carbonyl (C=O) groups is 3. The quantitative estimate of drug-likeness (QED) is 0.0261. The summed E-state index contributed by atoms with van der Waals surface area (Å²) in [5.41, 5.74) is 0. The summed E-state index contributed by atoms with van der Waals surface area (Å²) in [4.78, 5) is 38.2. The van der Waals surface area contributed by atoms with E-state index in [4.69, 9.17) is 14.2 Å². The molecular weight excluding hydrogens is 853 g/mol. The number of carbonyl (C=O) groups excluding carboxylic acids is 3. The molecule has 0 spiro atoms. The smallest absolute Gasteiger partial charge is 0.306 e. The number of unbranched alkanes of at least 4 members (excludes halogenated alkanes) is 43. The first-order chi connectivity index (χ1) is 34.0. The van der Waals surface area contributed by atoms with E-state index in [0.717, 1.165) is 77.0 Å². The molecule has 0 amide bonds. The Kier molecular flexibility index (Phi) is 56.7. The largest absolute Gasteiger partial charge is 0.462 e. The van der Waals surface area contributed by atoms with Crippen LogP contribution in [0.3, 0.4) is 0 Å². The zero-order valence-electron chi connectivity index (χ0n) is 46.6. The molecule has 6 nitrogen and oxygen atoms in total. The minimum absolute atomic E-state index is 0.0703. The first kappa shape index (κ1) is 66.9. The number of hydrogen-bond acceptors (Lipinski definition) is 6. The van der Waals surface area contributed by atoms with Crippen molar-refractivity contribution >= 4 is 17.9 Å². The van der Waals surface area contributed by atoms with Crippen LogP contribution < -0.4 is 0 Å². The van der Waals surface area contributed by atoms with Gasteiger partial charge >= 0.3 is 17.9 Å². The van der Waals surface area contributed by atoms with Gasteiger partial charge in [0.25, 0.3) is 0 Å². The van der Waals surface area contributed by atoms with Crippen molar-refractivity contribution in [1.82, 2.24) is 0 Å². The number of ether oxygens (including phenoxy) is 3. The lowest BCUT2D eigenvalue weighted by molar-refractivity contribution is -0.167. The van der Waals surface area contributed by atoms with Crippen LogP contribution in [0.15, 0.2) is 24.3 Å². The highest BCUT2D eigenvalue weighted by Crippen LogP contribution is 2.17. The fourth-order valence-corrected chi connectivity index (χ4v) is 9.32. The second-order valence-corrected chi connectivity index (χ2v) is 21.0. The Balaban J connectivity index is 4.34. The highest BCUT2D eigenvalue weighted by atomic mass is 16.6. The lowest BCUT2D eigenvalue weighted by Crippen LogP contribution is -2.30. The van der Waals surface area contributed by atoms with E-state index in [1.165, 1.54) is 225 Å². The molecule has 0 aromatic heterocycles. The Bertz CT molecular complexity index is 1110. The maximum atomic E-state index is 12.9. The molecule has 0 saturated carbocycles. The van der Waals surface area contributed by atoms with Gasteiger partial charge in [-0.05, 0) is 44.9 Å². The minimum Gasteiger partial charge on any atom is -0.462 e. The van der Waals surface area contributed by atoms with E-state index in [1.807, 2.05) is 0 Å². The van der Waals surface area contributed by atoms with Gasteiger partial charge in [0.2, 0.25) is 0 Å². The minimum atomic E-state index is -0.773. The molecule has 406 valence electrons. The van der Waals surface area contributed by atoms with Gasteiger partial charge in [-0.1, -0.05) is 302 Å². The fraction of sp³-hybridized carbons (Fsp3) is 0.889. The van der Waals surface area contributed by atoms with Crippen LogP contribution in [0.2, 0.25) is 0 Å². The van der Waals surface area contributed by atoms with Crippen LogP contribution in [0.25, 0.3) is 0 Å². The molecule has 0 saturated heterocycles. The Morgan fingerprint density at radius 1 is 0.290 bits per heavy atom. The van der Waals surface area contributed by atoms with Gasteiger partial charge in [0.1, 0.15) is 13.2 Å². The molecule has 1 atom stereocenters. The lowest BCUT2D eigenvalue weighted by atomic mass is 10.0. The molecule has 0 aliphatic rings. The summed E-state index contributed by atoms with van der Waals surface area (Å²) in [6, 6.07) is 0. The average Bonchev–Trinajstić information content (AvgIpc) is 3.35. The summed E-state index contributed by atoms with van der Waals surface area (Å²) in [6.45, 7) is 6.69. The van der Waals surface area contributed by atoms with E-state index in [2.05, 4.69) is 45.1 Å². The van der Waals surface area contributed by atoms with Crippen molar-refractivity contribution in [3.63, 3.8) is 0 Å². The van der Waals surface area contributed by atoms with E-state index in [9.17, 15) is 14.4 Å². The number of hydrogen-bond donors (Lipinski definition) is 0. The van der Waals surface area contributed by atoms with Crippen molar-refractivity contribution in [2.24, 2.45) is 0 Å². The molecule has 0 N–H and O–H groups in total. The fourth-order valence-electron chi connectivity index (χ4n) is 9.32.